The van der Waals surface area contributed by atoms with Crippen LogP contribution in [0.4, 0.5) is 0 Å². The summed E-state index contributed by atoms with van der Waals surface area (Å²) in [5, 5.41) is 0. The van der Waals surface area contributed by atoms with E-state index in [1.54, 1.807) is 6.20 Å². The molecule has 0 unspecified atom stereocenters. The highest BCUT2D eigenvalue weighted by molar-refractivity contribution is 5.78. The van der Waals surface area contributed by atoms with Crippen LogP contribution < -0.4 is 0 Å². The monoisotopic (exact) mass is 330 g/mol. The Morgan fingerprint density at radius 1 is 1.33 bits per heavy atom. The fourth-order valence-electron chi connectivity index (χ4n) is 4.64. The summed E-state index contributed by atoms with van der Waals surface area (Å²) in [7, 11) is 0. The lowest BCUT2D eigenvalue weighted by Crippen LogP contribution is -2.53. The number of aromatic nitrogens is 1. The number of likely N-dealkylation sites (tertiary alicyclic amines) is 1. The van der Waals surface area contributed by atoms with E-state index in [4.69, 9.17) is 9.47 Å². The van der Waals surface area contributed by atoms with Gasteiger partial charge in [0.15, 0.2) is 0 Å². The maximum atomic E-state index is 12.9. The molecule has 5 heteroatoms. The molecule has 4 rings (SSSR count). The number of pyridine rings is 1. The van der Waals surface area contributed by atoms with E-state index in [2.05, 4.69) is 16.0 Å². The largest absolute Gasteiger partial charge is 0.381 e. The molecule has 130 valence electrons. The molecular weight excluding hydrogens is 304 g/mol. The molecule has 2 saturated heterocycles. The van der Waals surface area contributed by atoms with E-state index in [1.165, 1.54) is 12.0 Å². The average molecular weight is 330 g/mol. The molecule has 5 nitrogen and oxygen atoms in total. The van der Waals surface area contributed by atoms with Gasteiger partial charge in [0.2, 0.25) is 5.91 Å². The Morgan fingerprint density at radius 2 is 2.21 bits per heavy atom. The van der Waals surface area contributed by atoms with Crippen LogP contribution in [0.25, 0.3) is 0 Å². The number of rotatable bonds is 5. The Hall–Kier alpha value is -1.46. The molecule has 2 aliphatic heterocycles. The number of amides is 1. The van der Waals surface area contributed by atoms with Crippen molar-refractivity contribution in [2.24, 2.45) is 5.92 Å². The van der Waals surface area contributed by atoms with Crippen molar-refractivity contribution >= 4 is 5.91 Å². The van der Waals surface area contributed by atoms with Crippen LogP contribution in [0.1, 0.15) is 44.1 Å². The number of nitrogens with zero attached hydrogens (tertiary/aromatic N) is 2. The van der Waals surface area contributed by atoms with E-state index in [1.807, 2.05) is 12.3 Å². The van der Waals surface area contributed by atoms with Crippen LogP contribution in [0.5, 0.6) is 0 Å². The Bertz CT molecular complexity index is 573. The highest BCUT2D eigenvalue weighted by atomic mass is 16.5. The summed E-state index contributed by atoms with van der Waals surface area (Å²) in [6.45, 7) is 2.94. The third kappa shape index (κ3) is 2.74. The maximum Gasteiger partial charge on any atom is 0.225 e. The number of ether oxygens (including phenoxy) is 2. The topological polar surface area (TPSA) is 51.7 Å². The summed E-state index contributed by atoms with van der Waals surface area (Å²) in [5.41, 5.74) is 1.11. The second kappa shape index (κ2) is 6.81. The van der Waals surface area contributed by atoms with Gasteiger partial charge >= 0.3 is 0 Å². The van der Waals surface area contributed by atoms with E-state index in [9.17, 15) is 4.79 Å². The van der Waals surface area contributed by atoms with E-state index < -0.39 is 0 Å². The molecule has 24 heavy (non-hydrogen) atoms. The predicted molar refractivity (Wildman–Crippen MR) is 89.4 cm³/mol. The minimum Gasteiger partial charge on any atom is -0.381 e. The number of carbonyl (C=O) groups excluding carboxylic acids is 1. The van der Waals surface area contributed by atoms with Gasteiger partial charge in [0.25, 0.3) is 0 Å². The highest BCUT2D eigenvalue weighted by Gasteiger charge is 2.57. The Balaban J connectivity index is 1.38. The maximum absolute atomic E-state index is 12.9. The van der Waals surface area contributed by atoms with Crippen LogP contribution in [-0.4, -0.2) is 48.3 Å². The fraction of sp³-hybridized carbons (Fsp3) is 0.684. The lowest BCUT2D eigenvalue weighted by Gasteiger charge is -2.50. The molecule has 1 saturated carbocycles. The minimum absolute atomic E-state index is 0.0932. The van der Waals surface area contributed by atoms with Crippen molar-refractivity contribution < 1.29 is 14.3 Å². The molecule has 3 heterocycles. The zero-order chi connectivity index (χ0) is 16.4. The smallest absolute Gasteiger partial charge is 0.225 e. The van der Waals surface area contributed by atoms with Gasteiger partial charge in [0.05, 0.1) is 24.7 Å². The molecule has 0 bridgehead atoms. The molecule has 3 fully saturated rings. The summed E-state index contributed by atoms with van der Waals surface area (Å²) in [4.78, 5) is 19.3. The lowest BCUT2D eigenvalue weighted by atomic mass is 9.64. The van der Waals surface area contributed by atoms with Gasteiger partial charge in [-0.1, -0.05) is 6.07 Å². The van der Waals surface area contributed by atoms with Crippen LogP contribution in [-0.2, 0) is 19.8 Å². The number of carbonyl (C=O) groups is 1. The van der Waals surface area contributed by atoms with E-state index >= 15 is 0 Å². The molecule has 3 aliphatic rings. The summed E-state index contributed by atoms with van der Waals surface area (Å²) >= 11 is 0. The molecule has 1 aliphatic carbocycles. The third-order valence-electron chi connectivity index (χ3n) is 6.03. The van der Waals surface area contributed by atoms with Crippen molar-refractivity contribution in [3.8, 4) is 0 Å². The van der Waals surface area contributed by atoms with Crippen LogP contribution in [0.15, 0.2) is 24.5 Å². The summed E-state index contributed by atoms with van der Waals surface area (Å²) in [6, 6.07) is 4.11. The molecule has 1 aromatic heterocycles. The van der Waals surface area contributed by atoms with Gasteiger partial charge in [-0.3, -0.25) is 9.78 Å². The van der Waals surface area contributed by atoms with Gasteiger partial charge < -0.3 is 14.4 Å². The number of hydrogen-bond donors (Lipinski definition) is 0. The van der Waals surface area contributed by atoms with Gasteiger partial charge in [0, 0.05) is 32.2 Å². The van der Waals surface area contributed by atoms with Crippen LogP contribution >= 0.6 is 0 Å². The molecule has 0 spiro atoms. The van der Waals surface area contributed by atoms with Gasteiger partial charge in [0.1, 0.15) is 0 Å². The number of hydrogen-bond acceptors (Lipinski definition) is 4. The van der Waals surface area contributed by atoms with Crippen molar-refractivity contribution in [1.29, 1.82) is 0 Å². The van der Waals surface area contributed by atoms with E-state index in [-0.39, 0.29) is 17.6 Å². The first-order valence-corrected chi connectivity index (χ1v) is 9.21. The van der Waals surface area contributed by atoms with E-state index in [0.29, 0.717) is 18.9 Å². The Morgan fingerprint density at radius 3 is 2.92 bits per heavy atom. The molecule has 0 radical (unpaired) electrons. The first kappa shape index (κ1) is 16.0. The standard InChI is InChI=1S/C19H26N2O3/c22-18(7-13-24-17-5-11-23-12-6-17)21-10-4-15-3-8-19(15,21)16-2-1-9-20-14-16/h1-2,9,14-15,17H,3-8,10-13H2/t15-,19-/m0/s1. The van der Waals surface area contributed by atoms with Crippen LogP contribution in [0.3, 0.4) is 0 Å². The fourth-order valence-corrected chi connectivity index (χ4v) is 4.64. The van der Waals surface area contributed by atoms with E-state index in [0.717, 1.165) is 45.4 Å². The van der Waals surface area contributed by atoms with Crippen LogP contribution in [0, 0.1) is 5.92 Å². The molecule has 1 aromatic rings. The van der Waals surface area contributed by atoms with Gasteiger partial charge in [-0.05, 0) is 49.7 Å². The van der Waals surface area contributed by atoms with Gasteiger partial charge in [-0.15, -0.1) is 0 Å². The second-order valence-electron chi connectivity index (χ2n) is 7.17. The first-order valence-electron chi connectivity index (χ1n) is 9.21. The second-order valence-corrected chi connectivity index (χ2v) is 7.17. The molecular formula is C19H26N2O3. The zero-order valence-corrected chi connectivity index (χ0v) is 14.2. The molecule has 0 N–H and O–H groups in total. The summed E-state index contributed by atoms with van der Waals surface area (Å²) in [6.07, 6.45) is 9.77. The van der Waals surface area contributed by atoms with Crippen molar-refractivity contribution in [3.63, 3.8) is 0 Å². The first-order chi connectivity index (χ1) is 11.8. The van der Waals surface area contributed by atoms with Crippen molar-refractivity contribution in [1.82, 2.24) is 9.88 Å². The Kier molecular flexibility index (Phi) is 4.55. The summed E-state index contributed by atoms with van der Waals surface area (Å²) in [5.74, 6) is 0.829. The normalized spacial score (nSPS) is 30.0. The van der Waals surface area contributed by atoms with Gasteiger partial charge in [-0.2, -0.15) is 0 Å². The Labute approximate surface area is 143 Å². The molecule has 2 atom stereocenters. The quantitative estimate of drug-likeness (QED) is 0.832. The lowest BCUT2D eigenvalue weighted by molar-refractivity contribution is -0.142. The predicted octanol–water partition coefficient (Wildman–Crippen LogP) is 2.50. The van der Waals surface area contributed by atoms with Crippen LogP contribution in [0.2, 0.25) is 0 Å². The third-order valence-corrected chi connectivity index (χ3v) is 6.03. The average Bonchev–Trinajstić information content (AvgIpc) is 2.87. The minimum atomic E-state index is -0.0932. The van der Waals surface area contributed by atoms with Crippen molar-refractivity contribution in [3.05, 3.63) is 30.1 Å². The SMILES string of the molecule is O=C(CCOC1CCOCC1)N1CC[C@@H]2CC[C@@]21c1cccnc1. The van der Waals surface area contributed by atoms with Crippen molar-refractivity contribution in [2.75, 3.05) is 26.4 Å². The summed E-state index contributed by atoms with van der Waals surface area (Å²) < 4.78 is 11.2. The molecule has 1 amide bonds. The van der Waals surface area contributed by atoms with Crippen molar-refractivity contribution in [2.45, 2.75) is 50.2 Å². The molecule has 0 aromatic carbocycles. The highest BCUT2D eigenvalue weighted by Crippen LogP contribution is 2.56. The number of fused-ring (bicyclic) bond motifs is 1. The van der Waals surface area contributed by atoms with Gasteiger partial charge in [-0.25, -0.2) is 0 Å². The zero-order valence-electron chi connectivity index (χ0n) is 14.2.